The normalized spacial score (nSPS) is 12.2. The van der Waals surface area contributed by atoms with Crippen LogP contribution in [0.2, 0.25) is 0 Å². The van der Waals surface area contributed by atoms with Crippen molar-refractivity contribution in [2.24, 2.45) is 22.1 Å². The molecule has 3 rings (SSSR count). The summed E-state index contributed by atoms with van der Waals surface area (Å²) < 4.78 is 5.78. The van der Waals surface area contributed by atoms with Crippen LogP contribution in [0.25, 0.3) is 11.1 Å². The van der Waals surface area contributed by atoms with Crippen LogP contribution in [0.5, 0.6) is 5.75 Å². The monoisotopic (exact) mass is 419 g/mol. The molecule has 0 spiro atoms. The van der Waals surface area contributed by atoms with Gasteiger partial charge in [-0.05, 0) is 35.4 Å². The zero-order valence-electron chi connectivity index (χ0n) is 18.7. The number of hydrogen-bond acceptors (Lipinski definition) is 4. The van der Waals surface area contributed by atoms with E-state index in [1.807, 2.05) is 30.5 Å². The lowest BCUT2D eigenvalue weighted by molar-refractivity contribution is 0.346. The molecular weight excluding hydrogens is 386 g/mol. The van der Waals surface area contributed by atoms with Crippen LogP contribution in [-0.4, -0.2) is 22.4 Å². The van der Waals surface area contributed by atoms with Gasteiger partial charge in [0.25, 0.3) is 0 Å². The van der Waals surface area contributed by atoms with Crippen molar-refractivity contribution >= 4 is 5.84 Å². The molecule has 0 aliphatic heterocycles. The fraction of sp³-hybridized carbons (Fsp3) is 0.360. The summed E-state index contributed by atoms with van der Waals surface area (Å²) in [5.74, 6) is 7.23. The second-order valence-electron chi connectivity index (χ2n) is 8.65. The minimum atomic E-state index is 0.159. The summed E-state index contributed by atoms with van der Waals surface area (Å²) in [4.78, 5) is 8.06. The van der Waals surface area contributed by atoms with E-state index in [1.165, 1.54) is 11.3 Å². The van der Waals surface area contributed by atoms with E-state index in [1.54, 1.807) is 0 Å². The Hall–Kier alpha value is -3.28. The van der Waals surface area contributed by atoms with Crippen LogP contribution < -0.4 is 16.3 Å². The lowest BCUT2D eigenvalue weighted by atomic mass is 9.85. The molecule has 0 fully saturated rings. The van der Waals surface area contributed by atoms with E-state index in [0.717, 1.165) is 48.4 Å². The Morgan fingerprint density at radius 2 is 1.84 bits per heavy atom. The van der Waals surface area contributed by atoms with Crippen molar-refractivity contribution in [2.45, 2.75) is 46.5 Å². The van der Waals surface area contributed by atoms with E-state index >= 15 is 0 Å². The molecule has 6 nitrogen and oxygen atoms in total. The molecule has 0 saturated heterocycles. The summed E-state index contributed by atoms with van der Waals surface area (Å²) in [6.45, 7) is 6.97. The Labute approximate surface area is 184 Å². The molecule has 31 heavy (non-hydrogen) atoms. The van der Waals surface area contributed by atoms with Crippen LogP contribution in [0.1, 0.15) is 44.3 Å². The van der Waals surface area contributed by atoms with Gasteiger partial charge in [0.1, 0.15) is 18.2 Å². The van der Waals surface area contributed by atoms with E-state index in [0.29, 0.717) is 5.41 Å². The number of ether oxygens (including phenoxy) is 1. The Kier molecular flexibility index (Phi) is 7.34. The number of nitrogens with one attached hydrogen (secondary N) is 1. The highest BCUT2D eigenvalue weighted by molar-refractivity contribution is 5.82. The van der Waals surface area contributed by atoms with Crippen LogP contribution in [0.3, 0.4) is 0 Å². The maximum absolute atomic E-state index is 5.78. The van der Waals surface area contributed by atoms with Gasteiger partial charge in [0, 0.05) is 23.9 Å². The van der Waals surface area contributed by atoms with Crippen molar-refractivity contribution in [3.63, 3.8) is 0 Å². The van der Waals surface area contributed by atoms with Gasteiger partial charge < -0.3 is 21.3 Å². The lowest BCUT2D eigenvalue weighted by Gasteiger charge is -2.21. The summed E-state index contributed by atoms with van der Waals surface area (Å²) in [6, 6.07) is 16.4. The van der Waals surface area contributed by atoms with Crippen molar-refractivity contribution in [1.82, 2.24) is 9.97 Å². The van der Waals surface area contributed by atoms with Crippen LogP contribution in [0, 0.1) is 5.41 Å². The van der Waals surface area contributed by atoms with E-state index < -0.39 is 0 Å². The summed E-state index contributed by atoms with van der Waals surface area (Å²) in [6.07, 6.45) is 5.98. The molecular formula is C25H33N5O. The van der Waals surface area contributed by atoms with Crippen LogP contribution in [0.15, 0.2) is 59.8 Å². The summed E-state index contributed by atoms with van der Waals surface area (Å²) in [5.41, 5.74) is 10.5. The third-order valence-corrected chi connectivity index (χ3v) is 5.65. The minimum Gasteiger partial charge on any atom is -0.485 e. The van der Waals surface area contributed by atoms with E-state index in [-0.39, 0.29) is 12.4 Å². The van der Waals surface area contributed by atoms with Gasteiger partial charge in [-0.3, -0.25) is 0 Å². The number of benzene rings is 2. The number of aromatic amines is 1. The molecule has 0 aliphatic carbocycles. The first kappa shape index (κ1) is 22.4. The molecule has 0 aliphatic rings. The number of aromatic nitrogens is 2. The Bertz CT molecular complexity index is 1000. The topological polar surface area (TPSA) is 102 Å². The number of aryl methyl sites for hydroxylation is 2. The van der Waals surface area contributed by atoms with Crippen molar-refractivity contribution in [2.75, 3.05) is 6.61 Å². The largest absolute Gasteiger partial charge is 0.485 e. The van der Waals surface area contributed by atoms with Gasteiger partial charge in [-0.2, -0.15) is 5.10 Å². The molecule has 3 aromatic rings. The van der Waals surface area contributed by atoms with Crippen molar-refractivity contribution < 1.29 is 4.74 Å². The maximum Gasteiger partial charge on any atom is 0.157 e. The SMILES string of the molecule is CCC(C)(C)Cc1cnc(CCc2ccc(-c3ccccc3OC/C(N)=N/N)cc2)[nH]1. The maximum atomic E-state index is 5.78. The van der Waals surface area contributed by atoms with Gasteiger partial charge in [0.05, 0.1) is 0 Å². The number of H-pyrrole nitrogens is 1. The average molecular weight is 420 g/mol. The van der Waals surface area contributed by atoms with Gasteiger partial charge in [0.2, 0.25) is 0 Å². The molecule has 0 unspecified atom stereocenters. The van der Waals surface area contributed by atoms with Crippen molar-refractivity contribution in [3.8, 4) is 16.9 Å². The number of rotatable bonds is 10. The van der Waals surface area contributed by atoms with Crippen molar-refractivity contribution in [1.29, 1.82) is 0 Å². The molecule has 164 valence electrons. The Morgan fingerprint density at radius 3 is 2.55 bits per heavy atom. The second kappa shape index (κ2) is 10.2. The number of amidine groups is 1. The highest BCUT2D eigenvalue weighted by Crippen LogP contribution is 2.30. The molecule has 0 saturated carbocycles. The third kappa shape index (κ3) is 6.35. The molecule has 0 atom stereocenters. The van der Waals surface area contributed by atoms with Gasteiger partial charge in [-0.25, -0.2) is 4.98 Å². The van der Waals surface area contributed by atoms with Gasteiger partial charge in [-0.1, -0.05) is 69.7 Å². The molecule has 1 heterocycles. The summed E-state index contributed by atoms with van der Waals surface area (Å²) >= 11 is 0. The quantitative estimate of drug-likeness (QED) is 0.195. The Morgan fingerprint density at radius 1 is 1.10 bits per heavy atom. The van der Waals surface area contributed by atoms with Crippen LogP contribution in [-0.2, 0) is 19.3 Å². The predicted octanol–water partition coefficient (Wildman–Crippen LogP) is 4.45. The first-order chi connectivity index (χ1) is 14.9. The Balaban J connectivity index is 1.62. The first-order valence-electron chi connectivity index (χ1n) is 10.8. The summed E-state index contributed by atoms with van der Waals surface area (Å²) in [7, 11) is 0. The van der Waals surface area contributed by atoms with E-state index in [4.69, 9.17) is 16.3 Å². The lowest BCUT2D eigenvalue weighted by Crippen LogP contribution is -2.22. The molecule has 0 amide bonds. The molecule has 0 bridgehead atoms. The number of hydrogen-bond donors (Lipinski definition) is 3. The smallest absolute Gasteiger partial charge is 0.157 e. The predicted molar refractivity (Wildman–Crippen MR) is 127 cm³/mol. The highest BCUT2D eigenvalue weighted by Gasteiger charge is 2.17. The molecule has 5 N–H and O–H groups in total. The molecule has 0 radical (unpaired) electrons. The second-order valence-corrected chi connectivity index (χ2v) is 8.65. The van der Waals surface area contributed by atoms with E-state index in [9.17, 15) is 0 Å². The molecule has 6 heteroatoms. The number of hydrazone groups is 1. The number of nitrogens with two attached hydrogens (primary N) is 2. The standard InChI is InChI=1S/C25H33N5O/c1-4-25(2,3)15-20-16-28-24(29-20)14-11-18-9-12-19(13-10-18)21-7-5-6-8-22(21)31-17-23(26)30-27/h5-10,12-13,16H,4,11,14-15,17,27H2,1-3H3,(H2,26,30)(H,28,29). The fourth-order valence-corrected chi connectivity index (χ4v) is 3.40. The molecule has 1 aromatic heterocycles. The molecule has 2 aromatic carbocycles. The van der Waals surface area contributed by atoms with Crippen molar-refractivity contribution in [3.05, 3.63) is 71.8 Å². The van der Waals surface area contributed by atoms with Gasteiger partial charge in [-0.15, -0.1) is 0 Å². The van der Waals surface area contributed by atoms with Gasteiger partial charge >= 0.3 is 0 Å². The number of para-hydroxylation sites is 1. The van der Waals surface area contributed by atoms with Gasteiger partial charge in [0.15, 0.2) is 5.84 Å². The summed E-state index contributed by atoms with van der Waals surface area (Å²) in [5, 5.41) is 3.45. The zero-order chi connectivity index (χ0) is 22.3. The van der Waals surface area contributed by atoms with Crippen LogP contribution >= 0.6 is 0 Å². The third-order valence-electron chi connectivity index (χ3n) is 5.65. The zero-order valence-corrected chi connectivity index (χ0v) is 18.7. The number of nitrogens with zero attached hydrogens (tertiary/aromatic N) is 2. The minimum absolute atomic E-state index is 0.159. The highest BCUT2D eigenvalue weighted by atomic mass is 16.5. The number of imidazole rings is 1. The average Bonchev–Trinajstić information content (AvgIpc) is 3.23. The first-order valence-corrected chi connectivity index (χ1v) is 10.8. The fourth-order valence-electron chi connectivity index (χ4n) is 3.40. The van der Waals surface area contributed by atoms with Crippen LogP contribution in [0.4, 0.5) is 0 Å². The van der Waals surface area contributed by atoms with E-state index in [2.05, 4.69) is 60.1 Å².